The Morgan fingerprint density at radius 2 is 1.93 bits per heavy atom. The number of rotatable bonds is 7. The summed E-state index contributed by atoms with van der Waals surface area (Å²) in [6.45, 7) is 1.91. The van der Waals surface area contributed by atoms with Crippen molar-refractivity contribution in [3.8, 4) is 5.75 Å². The Morgan fingerprint density at radius 1 is 1.17 bits per heavy atom. The predicted octanol–water partition coefficient (Wildman–Crippen LogP) is 4.01. The summed E-state index contributed by atoms with van der Waals surface area (Å²) in [5, 5.41) is 6.76. The van der Waals surface area contributed by atoms with Gasteiger partial charge in [0.05, 0.1) is 0 Å². The molecule has 1 saturated heterocycles. The number of benzene rings is 2. The average molecular weight is 417 g/mol. The van der Waals surface area contributed by atoms with Crippen LogP contribution in [0, 0.1) is 0 Å². The molecule has 0 amide bonds. The largest absolute Gasteiger partial charge is 0.435 e. The van der Waals surface area contributed by atoms with Gasteiger partial charge in [-0.2, -0.15) is 8.78 Å². The molecule has 2 aromatic rings. The highest BCUT2D eigenvalue weighted by molar-refractivity contribution is 5.80. The minimum atomic E-state index is -2.82. The fraction of sp³-hybridized carbons (Fsp3) is 0.435. The third-order valence-electron chi connectivity index (χ3n) is 5.39. The molecule has 5 nitrogen and oxygen atoms in total. The lowest BCUT2D eigenvalue weighted by Gasteiger charge is -2.38. The Balaban J connectivity index is 1.47. The molecule has 0 aliphatic carbocycles. The van der Waals surface area contributed by atoms with Crippen molar-refractivity contribution in [2.24, 2.45) is 4.99 Å². The first-order chi connectivity index (χ1) is 14.5. The number of guanidine groups is 1. The molecule has 2 unspecified atom stereocenters. The van der Waals surface area contributed by atoms with Crippen LogP contribution in [0.25, 0.3) is 0 Å². The van der Waals surface area contributed by atoms with Gasteiger partial charge in [-0.15, -0.1) is 0 Å². The molecule has 0 bridgehead atoms. The summed E-state index contributed by atoms with van der Waals surface area (Å²) < 4.78 is 29.2. The van der Waals surface area contributed by atoms with Gasteiger partial charge in [0.1, 0.15) is 5.75 Å². The lowest BCUT2D eigenvalue weighted by molar-refractivity contribution is -0.0498. The summed E-state index contributed by atoms with van der Waals surface area (Å²) in [6.07, 6.45) is 2.07. The van der Waals surface area contributed by atoms with Crippen LogP contribution in [-0.4, -0.2) is 43.1 Å². The lowest BCUT2D eigenvalue weighted by Crippen LogP contribution is -2.51. The van der Waals surface area contributed by atoms with E-state index in [1.807, 2.05) is 12.1 Å². The molecule has 1 fully saturated rings. The molecule has 1 heterocycles. The van der Waals surface area contributed by atoms with Gasteiger partial charge in [0, 0.05) is 38.8 Å². The Morgan fingerprint density at radius 3 is 2.63 bits per heavy atom. The quantitative estimate of drug-likeness (QED) is 0.529. The summed E-state index contributed by atoms with van der Waals surface area (Å²) in [5.41, 5.74) is 2.19. The monoisotopic (exact) mass is 416 g/mol. The van der Waals surface area contributed by atoms with Gasteiger partial charge in [-0.1, -0.05) is 42.5 Å². The zero-order valence-electron chi connectivity index (χ0n) is 17.5. The first-order valence-electron chi connectivity index (χ1n) is 10.3. The number of likely N-dealkylation sites (tertiary alicyclic amines) is 1. The number of aliphatic imine (C=N–C) groups is 1. The number of nitrogens with one attached hydrogen (secondary N) is 2. The fourth-order valence-corrected chi connectivity index (χ4v) is 3.81. The maximum atomic E-state index is 12.4. The molecule has 1 aliphatic heterocycles. The third-order valence-corrected chi connectivity index (χ3v) is 5.39. The molecule has 2 N–H and O–H groups in total. The van der Waals surface area contributed by atoms with Gasteiger partial charge in [-0.3, -0.25) is 9.89 Å². The first-order valence-corrected chi connectivity index (χ1v) is 10.3. The van der Waals surface area contributed by atoms with Crippen molar-refractivity contribution in [2.45, 2.75) is 51.6 Å². The second-order valence-electron chi connectivity index (χ2n) is 7.62. The second-order valence-corrected chi connectivity index (χ2v) is 7.62. The third kappa shape index (κ3) is 6.69. The summed E-state index contributed by atoms with van der Waals surface area (Å²) in [7, 11) is 1.74. The molecule has 1 aliphatic rings. The topological polar surface area (TPSA) is 48.9 Å². The van der Waals surface area contributed by atoms with E-state index in [4.69, 9.17) is 0 Å². The zero-order valence-corrected chi connectivity index (χ0v) is 17.5. The highest BCUT2D eigenvalue weighted by atomic mass is 19.3. The smallest absolute Gasteiger partial charge is 0.387 e. The van der Waals surface area contributed by atoms with E-state index in [9.17, 15) is 8.78 Å². The number of hydrogen-bond acceptors (Lipinski definition) is 3. The number of halogens is 2. The number of ether oxygens (including phenoxy) is 1. The molecule has 0 saturated carbocycles. The van der Waals surface area contributed by atoms with E-state index in [0.29, 0.717) is 24.6 Å². The molecule has 0 radical (unpaired) electrons. The van der Waals surface area contributed by atoms with E-state index in [1.165, 1.54) is 11.6 Å². The van der Waals surface area contributed by atoms with Crippen molar-refractivity contribution >= 4 is 5.96 Å². The van der Waals surface area contributed by atoms with Gasteiger partial charge >= 0.3 is 6.61 Å². The Bertz CT molecular complexity index is 816. The predicted molar refractivity (Wildman–Crippen MR) is 116 cm³/mol. The van der Waals surface area contributed by atoms with Crippen molar-refractivity contribution < 1.29 is 13.5 Å². The van der Waals surface area contributed by atoms with Gasteiger partial charge in [0.25, 0.3) is 0 Å². The highest BCUT2D eigenvalue weighted by Gasteiger charge is 2.25. The van der Waals surface area contributed by atoms with Gasteiger partial charge in [0.2, 0.25) is 0 Å². The standard InChI is InChI=1S/C23H30F2N4O/c1-17-13-20(11-12-29(17)16-18-7-4-3-5-8-18)28-23(26-2)27-15-19-9-6-10-21(14-19)30-22(24)25/h3-10,14,17,20,22H,11-13,15-16H2,1-2H3,(H2,26,27,28). The zero-order chi connectivity index (χ0) is 21.3. The molecule has 3 rings (SSSR count). The van der Waals surface area contributed by atoms with Crippen molar-refractivity contribution in [3.63, 3.8) is 0 Å². The molecule has 2 atom stereocenters. The molecular weight excluding hydrogens is 386 g/mol. The van der Waals surface area contributed by atoms with E-state index in [0.717, 1.165) is 31.5 Å². The maximum Gasteiger partial charge on any atom is 0.387 e. The minimum Gasteiger partial charge on any atom is -0.435 e. The number of piperidine rings is 1. The van der Waals surface area contributed by atoms with E-state index in [1.54, 1.807) is 19.2 Å². The SMILES string of the molecule is CN=C(NCc1cccc(OC(F)F)c1)NC1CCN(Cc2ccccc2)C(C)C1. The van der Waals surface area contributed by atoms with E-state index >= 15 is 0 Å². The van der Waals surface area contributed by atoms with Crippen LogP contribution in [0.1, 0.15) is 30.9 Å². The highest BCUT2D eigenvalue weighted by Crippen LogP contribution is 2.20. The minimum absolute atomic E-state index is 0.159. The Kier molecular flexibility index (Phi) is 8.02. The molecular formula is C23H30F2N4O. The maximum absolute atomic E-state index is 12.4. The first kappa shape index (κ1) is 22.0. The molecule has 162 valence electrons. The second kappa shape index (κ2) is 10.9. The molecule has 0 aromatic heterocycles. The van der Waals surface area contributed by atoms with Gasteiger partial charge in [0.15, 0.2) is 5.96 Å². The van der Waals surface area contributed by atoms with Crippen LogP contribution in [-0.2, 0) is 13.1 Å². The summed E-state index contributed by atoms with van der Waals surface area (Å²) in [4.78, 5) is 6.82. The summed E-state index contributed by atoms with van der Waals surface area (Å²) in [6, 6.07) is 18.1. The number of alkyl halides is 2. The fourth-order valence-electron chi connectivity index (χ4n) is 3.81. The average Bonchev–Trinajstić information content (AvgIpc) is 2.73. The lowest BCUT2D eigenvalue weighted by atomic mass is 9.97. The van der Waals surface area contributed by atoms with Gasteiger partial charge < -0.3 is 15.4 Å². The molecule has 30 heavy (non-hydrogen) atoms. The van der Waals surface area contributed by atoms with Crippen molar-refractivity contribution in [1.82, 2.24) is 15.5 Å². The molecule has 0 spiro atoms. The Labute approximate surface area is 177 Å². The van der Waals surface area contributed by atoms with Crippen molar-refractivity contribution in [2.75, 3.05) is 13.6 Å². The van der Waals surface area contributed by atoms with Crippen LogP contribution in [0.4, 0.5) is 8.78 Å². The van der Waals surface area contributed by atoms with Crippen molar-refractivity contribution in [3.05, 3.63) is 65.7 Å². The van der Waals surface area contributed by atoms with Crippen LogP contribution in [0.15, 0.2) is 59.6 Å². The summed E-state index contributed by atoms with van der Waals surface area (Å²) >= 11 is 0. The Hall–Kier alpha value is -2.67. The van der Waals surface area contributed by atoms with Crippen molar-refractivity contribution in [1.29, 1.82) is 0 Å². The van der Waals surface area contributed by atoms with E-state index in [2.05, 4.69) is 56.5 Å². The van der Waals surface area contributed by atoms with Crippen LogP contribution in [0.5, 0.6) is 5.75 Å². The number of hydrogen-bond donors (Lipinski definition) is 2. The van der Waals surface area contributed by atoms with Gasteiger partial charge in [-0.25, -0.2) is 0 Å². The van der Waals surface area contributed by atoms with Gasteiger partial charge in [-0.05, 0) is 43.0 Å². The summed E-state index contributed by atoms with van der Waals surface area (Å²) in [5.74, 6) is 0.871. The van der Waals surface area contributed by atoms with Crippen LogP contribution in [0.3, 0.4) is 0 Å². The van der Waals surface area contributed by atoms with Crippen LogP contribution < -0.4 is 15.4 Å². The van der Waals surface area contributed by atoms with Crippen LogP contribution >= 0.6 is 0 Å². The number of nitrogens with zero attached hydrogens (tertiary/aromatic N) is 2. The van der Waals surface area contributed by atoms with E-state index < -0.39 is 6.61 Å². The van der Waals surface area contributed by atoms with Crippen LogP contribution in [0.2, 0.25) is 0 Å². The normalized spacial score (nSPS) is 20.2. The van der Waals surface area contributed by atoms with E-state index in [-0.39, 0.29) is 5.75 Å². The molecule has 7 heteroatoms. The molecule has 2 aromatic carbocycles.